The molecule has 0 unspecified atom stereocenters. The van der Waals surface area contributed by atoms with Crippen LogP contribution in [0.3, 0.4) is 0 Å². The highest BCUT2D eigenvalue weighted by molar-refractivity contribution is 6.08. The first-order chi connectivity index (χ1) is 15.5. The Morgan fingerprint density at radius 3 is 2.53 bits per heavy atom. The van der Waals surface area contributed by atoms with E-state index in [1.807, 2.05) is 18.2 Å². The van der Waals surface area contributed by atoms with Crippen molar-refractivity contribution in [2.75, 3.05) is 50.8 Å². The zero-order valence-corrected chi connectivity index (χ0v) is 17.7. The van der Waals surface area contributed by atoms with E-state index in [0.29, 0.717) is 6.42 Å². The fourth-order valence-electron chi connectivity index (χ4n) is 3.97. The highest BCUT2D eigenvalue weighted by Crippen LogP contribution is 2.28. The number of imide groups is 1. The smallest absolute Gasteiger partial charge is 0.270 e. The van der Waals surface area contributed by atoms with E-state index < -0.39 is 16.7 Å². The fraction of sp³-hybridized carbons (Fsp3) is 0.409. The van der Waals surface area contributed by atoms with Crippen molar-refractivity contribution in [3.63, 3.8) is 0 Å². The summed E-state index contributed by atoms with van der Waals surface area (Å²) in [5.74, 6) is 0.211. The van der Waals surface area contributed by atoms with E-state index in [4.69, 9.17) is 4.74 Å². The second kappa shape index (κ2) is 9.73. The molecule has 10 nitrogen and oxygen atoms in total. The summed E-state index contributed by atoms with van der Waals surface area (Å²) in [5, 5.41) is 11.0. The molecule has 2 aromatic rings. The molecule has 4 rings (SSSR count). The molecule has 0 aliphatic carbocycles. The molecule has 32 heavy (non-hydrogen) atoms. The molecule has 10 heteroatoms. The number of piperazine rings is 1. The van der Waals surface area contributed by atoms with Gasteiger partial charge < -0.3 is 9.64 Å². The number of non-ortho nitro benzene ring substituents is 1. The number of hydrogen-bond donors (Lipinski definition) is 0. The molecule has 2 aliphatic heterocycles. The van der Waals surface area contributed by atoms with E-state index in [1.54, 1.807) is 6.20 Å². The molecule has 2 aliphatic rings. The molecule has 1 aromatic carbocycles. The second-order valence-corrected chi connectivity index (χ2v) is 7.80. The average molecular weight is 439 g/mol. The number of nitro groups is 1. The van der Waals surface area contributed by atoms with Gasteiger partial charge in [0.2, 0.25) is 0 Å². The summed E-state index contributed by atoms with van der Waals surface area (Å²) in [6.45, 7) is 4.57. The maximum absolute atomic E-state index is 12.9. The van der Waals surface area contributed by atoms with Crippen molar-refractivity contribution < 1.29 is 19.2 Å². The summed E-state index contributed by atoms with van der Waals surface area (Å²) in [4.78, 5) is 45.9. The van der Waals surface area contributed by atoms with Crippen LogP contribution >= 0.6 is 0 Å². The number of pyridine rings is 1. The second-order valence-electron chi connectivity index (χ2n) is 7.80. The van der Waals surface area contributed by atoms with Crippen molar-refractivity contribution in [2.45, 2.75) is 12.8 Å². The number of fused-ring (bicyclic) bond motifs is 1. The molecule has 2 amide bonds. The molecule has 0 bridgehead atoms. The van der Waals surface area contributed by atoms with Crippen LogP contribution in [-0.2, 0) is 4.79 Å². The SMILES string of the molecule is O=C1COc2ccc([N+](=O)[O-])cc2C(=O)N1CCCCN1CCN(c2ccccn2)CC1. The summed E-state index contributed by atoms with van der Waals surface area (Å²) >= 11 is 0. The molecule has 0 saturated carbocycles. The number of anilines is 1. The number of benzene rings is 1. The molecule has 1 fully saturated rings. The van der Waals surface area contributed by atoms with E-state index in [2.05, 4.69) is 14.8 Å². The summed E-state index contributed by atoms with van der Waals surface area (Å²) in [7, 11) is 0. The molecule has 3 heterocycles. The third-order valence-electron chi connectivity index (χ3n) is 5.75. The Kier molecular flexibility index (Phi) is 6.60. The lowest BCUT2D eigenvalue weighted by atomic mass is 10.1. The fourth-order valence-corrected chi connectivity index (χ4v) is 3.97. The van der Waals surface area contributed by atoms with Crippen molar-refractivity contribution in [3.8, 4) is 5.75 Å². The Hall–Kier alpha value is -3.53. The van der Waals surface area contributed by atoms with Crippen LogP contribution in [0, 0.1) is 10.1 Å². The van der Waals surface area contributed by atoms with Crippen LogP contribution in [0.5, 0.6) is 5.75 Å². The van der Waals surface area contributed by atoms with Gasteiger partial charge in [0.25, 0.3) is 17.5 Å². The summed E-state index contributed by atoms with van der Waals surface area (Å²) in [5.41, 5.74) is -0.157. The van der Waals surface area contributed by atoms with Gasteiger partial charge in [0.1, 0.15) is 11.6 Å². The first-order valence-electron chi connectivity index (χ1n) is 10.7. The van der Waals surface area contributed by atoms with Crippen molar-refractivity contribution in [1.82, 2.24) is 14.8 Å². The van der Waals surface area contributed by atoms with E-state index in [1.165, 1.54) is 18.2 Å². The number of carbonyl (C=O) groups is 2. The normalized spacial score (nSPS) is 17.0. The first-order valence-corrected chi connectivity index (χ1v) is 10.7. The standard InChI is InChI=1S/C22H25N5O5/c28-21-16-32-19-7-6-17(27(30)31)15-18(19)22(29)26(21)10-4-3-9-24-11-13-25(14-12-24)20-5-1-2-8-23-20/h1-2,5-8,15H,3-4,9-14,16H2. The minimum Gasteiger partial charge on any atom is -0.483 e. The molecule has 0 atom stereocenters. The predicted octanol–water partition coefficient (Wildman–Crippen LogP) is 1.95. The number of nitrogens with zero attached hydrogens (tertiary/aromatic N) is 5. The largest absolute Gasteiger partial charge is 0.483 e. The third kappa shape index (κ3) is 4.86. The van der Waals surface area contributed by atoms with Gasteiger partial charge in [-0.3, -0.25) is 29.5 Å². The molecule has 1 saturated heterocycles. The molecule has 0 N–H and O–H groups in total. The number of ether oxygens (including phenoxy) is 1. The number of rotatable bonds is 7. The monoisotopic (exact) mass is 439 g/mol. The van der Waals surface area contributed by atoms with Gasteiger partial charge in [-0.05, 0) is 37.6 Å². The van der Waals surface area contributed by atoms with Crippen molar-refractivity contribution in [2.24, 2.45) is 0 Å². The van der Waals surface area contributed by atoms with Crippen LogP contribution in [0.25, 0.3) is 0 Å². The Balaban J connectivity index is 1.27. The highest BCUT2D eigenvalue weighted by atomic mass is 16.6. The van der Waals surface area contributed by atoms with E-state index in [0.717, 1.165) is 49.9 Å². The highest BCUT2D eigenvalue weighted by Gasteiger charge is 2.30. The molecule has 1 aromatic heterocycles. The Labute approximate surface area is 185 Å². The lowest BCUT2D eigenvalue weighted by Crippen LogP contribution is -2.47. The minimum absolute atomic E-state index is 0.0516. The quantitative estimate of drug-likeness (QED) is 0.279. The summed E-state index contributed by atoms with van der Waals surface area (Å²) in [6, 6.07) is 9.71. The number of amides is 2. The molecule has 0 radical (unpaired) electrons. The summed E-state index contributed by atoms with van der Waals surface area (Å²) in [6.07, 6.45) is 3.29. The van der Waals surface area contributed by atoms with Crippen molar-refractivity contribution in [3.05, 3.63) is 58.3 Å². The van der Waals surface area contributed by atoms with Crippen molar-refractivity contribution >= 4 is 23.3 Å². The maximum atomic E-state index is 12.9. The van der Waals surface area contributed by atoms with E-state index in [-0.39, 0.29) is 30.2 Å². The average Bonchev–Trinajstić information content (AvgIpc) is 2.94. The molecule has 168 valence electrons. The van der Waals surface area contributed by atoms with Crippen LogP contribution in [0.4, 0.5) is 11.5 Å². The van der Waals surface area contributed by atoms with Gasteiger partial charge in [-0.25, -0.2) is 4.98 Å². The lowest BCUT2D eigenvalue weighted by molar-refractivity contribution is -0.384. The maximum Gasteiger partial charge on any atom is 0.270 e. The van der Waals surface area contributed by atoms with Crippen LogP contribution in [0.15, 0.2) is 42.6 Å². The summed E-state index contributed by atoms with van der Waals surface area (Å²) < 4.78 is 5.39. The first kappa shape index (κ1) is 21.7. The Morgan fingerprint density at radius 2 is 1.81 bits per heavy atom. The number of carbonyl (C=O) groups excluding carboxylic acids is 2. The lowest BCUT2D eigenvalue weighted by Gasteiger charge is -2.35. The third-order valence-corrected chi connectivity index (χ3v) is 5.75. The predicted molar refractivity (Wildman–Crippen MR) is 117 cm³/mol. The topological polar surface area (TPSA) is 109 Å². The van der Waals surface area contributed by atoms with Crippen LogP contribution in [-0.4, -0.2) is 77.4 Å². The van der Waals surface area contributed by atoms with Gasteiger partial charge in [0.05, 0.1) is 10.5 Å². The zero-order valence-electron chi connectivity index (χ0n) is 17.7. The van der Waals surface area contributed by atoms with E-state index >= 15 is 0 Å². The number of hydrogen-bond acceptors (Lipinski definition) is 8. The molecular formula is C22H25N5O5. The van der Waals surface area contributed by atoms with E-state index in [9.17, 15) is 19.7 Å². The number of unbranched alkanes of at least 4 members (excludes halogenated alkanes) is 1. The van der Waals surface area contributed by atoms with Crippen LogP contribution in [0.2, 0.25) is 0 Å². The Morgan fingerprint density at radius 1 is 1.03 bits per heavy atom. The molecule has 0 spiro atoms. The van der Waals surface area contributed by atoms with Crippen LogP contribution < -0.4 is 9.64 Å². The molecular weight excluding hydrogens is 414 g/mol. The van der Waals surface area contributed by atoms with Gasteiger partial charge >= 0.3 is 0 Å². The van der Waals surface area contributed by atoms with Crippen LogP contribution in [0.1, 0.15) is 23.2 Å². The minimum atomic E-state index is -0.571. The van der Waals surface area contributed by atoms with Gasteiger partial charge in [-0.15, -0.1) is 0 Å². The zero-order chi connectivity index (χ0) is 22.5. The number of aromatic nitrogens is 1. The Bertz CT molecular complexity index is 991. The van der Waals surface area contributed by atoms with Gasteiger partial charge in [-0.1, -0.05) is 6.07 Å². The van der Waals surface area contributed by atoms with Crippen molar-refractivity contribution in [1.29, 1.82) is 0 Å². The van der Waals surface area contributed by atoms with Gasteiger partial charge in [0, 0.05) is 51.1 Å². The number of nitro benzene ring substituents is 1. The van der Waals surface area contributed by atoms with Gasteiger partial charge in [0.15, 0.2) is 6.61 Å². The van der Waals surface area contributed by atoms with Gasteiger partial charge in [-0.2, -0.15) is 0 Å².